The Morgan fingerprint density at radius 1 is 1.05 bits per heavy atom. The van der Waals surface area contributed by atoms with Gasteiger partial charge in [0, 0.05) is 33.4 Å². The molecule has 0 fully saturated rings. The summed E-state index contributed by atoms with van der Waals surface area (Å²) in [6, 6.07) is 17.2. The zero-order valence-electron chi connectivity index (χ0n) is 20.1. The summed E-state index contributed by atoms with van der Waals surface area (Å²) < 4.78 is 48.7. The average molecular weight is 558 g/mol. The molecule has 10 heteroatoms. The van der Waals surface area contributed by atoms with E-state index in [0.29, 0.717) is 32.6 Å². The van der Waals surface area contributed by atoms with E-state index in [1.165, 1.54) is 23.5 Å². The molecular weight excluding hydrogens is 533 g/mol. The lowest BCUT2D eigenvalue weighted by Crippen LogP contribution is -2.16. The molecule has 0 bridgehead atoms. The van der Waals surface area contributed by atoms with Crippen molar-refractivity contribution in [2.24, 2.45) is 0 Å². The third-order valence-electron chi connectivity index (χ3n) is 6.13. The number of hydrogen-bond donors (Lipinski definition) is 2. The first-order valence-corrected chi connectivity index (χ1v) is 14.5. The predicted octanol–water partition coefficient (Wildman–Crippen LogP) is 7.06. The minimum atomic E-state index is -3.74. The van der Waals surface area contributed by atoms with Crippen molar-refractivity contribution in [3.05, 3.63) is 88.3 Å². The summed E-state index contributed by atoms with van der Waals surface area (Å²) in [5.74, 6) is -0.336. The van der Waals surface area contributed by atoms with Crippen molar-refractivity contribution in [2.75, 3.05) is 11.3 Å². The van der Waals surface area contributed by atoms with Crippen LogP contribution in [0.1, 0.15) is 29.7 Å². The molecule has 0 aliphatic heterocycles. The molecule has 5 aromatic rings. The Hall–Kier alpha value is -2.98. The molecule has 2 aromatic heterocycles. The summed E-state index contributed by atoms with van der Waals surface area (Å²) >= 11 is 7.33. The normalized spacial score (nSPS) is 12.0. The van der Waals surface area contributed by atoms with Crippen LogP contribution in [0, 0.1) is 12.7 Å². The van der Waals surface area contributed by atoms with E-state index in [4.69, 9.17) is 16.1 Å². The van der Waals surface area contributed by atoms with E-state index in [1.54, 1.807) is 31.2 Å². The number of rotatable bonds is 10. The Morgan fingerprint density at radius 3 is 2.78 bits per heavy atom. The van der Waals surface area contributed by atoms with Crippen molar-refractivity contribution >= 4 is 59.7 Å². The van der Waals surface area contributed by atoms with Crippen LogP contribution < -0.4 is 10.0 Å². The van der Waals surface area contributed by atoms with E-state index in [-0.39, 0.29) is 5.82 Å². The maximum absolute atomic E-state index is 13.3. The van der Waals surface area contributed by atoms with Gasteiger partial charge < -0.3 is 9.84 Å². The molecule has 0 amide bonds. The monoisotopic (exact) mass is 557 g/mol. The molecule has 3 aromatic carbocycles. The fourth-order valence-corrected chi connectivity index (χ4v) is 7.26. The van der Waals surface area contributed by atoms with Crippen LogP contribution in [-0.2, 0) is 23.0 Å². The molecule has 0 radical (unpaired) electrons. The maximum atomic E-state index is 13.3. The first kappa shape index (κ1) is 25.7. The number of sulfonamides is 1. The van der Waals surface area contributed by atoms with Gasteiger partial charge in [0.25, 0.3) is 10.0 Å². The quantitative estimate of drug-likeness (QED) is 0.180. The summed E-state index contributed by atoms with van der Waals surface area (Å²) in [6.45, 7) is 3.21. The van der Waals surface area contributed by atoms with E-state index in [0.717, 1.165) is 52.5 Å². The van der Waals surface area contributed by atoms with Gasteiger partial charge in [-0.3, -0.25) is 4.72 Å². The van der Waals surface area contributed by atoms with E-state index >= 15 is 0 Å². The van der Waals surface area contributed by atoms with Gasteiger partial charge >= 0.3 is 0 Å². The number of thiophene rings is 1. The number of aryl methyl sites for hydroxylation is 2. The Kier molecular flexibility index (Phi) is 7.48. The first-order valence-electron chi connectivity index (χ1n) is 11.8. The van der Waals surface area contributed by atoms with Crippen LogP contribution >= 0.6 is 22.9 Å². The van der Waals surface area contributed by atoms with Gasteiger partial charge in [-0.05, 0) is 91.7 Å². The summed E-state index contributed by atoms with van der Waals surface area (Å²) in [5.41, 5.74) is 3.49. The number of unbranched alkanes of at least 4 members (excludes halogenated alkanes) is 1. The number of nitrogens with zero attached hydrogens (tertiary/aromatic N) is 1. The molecule has 37 heavy (non-hydrogen) atoms. The Balaban J connectivity index is 1.14. The summed E-state index contributed by atoms with van der Waals surface area (Å²) in [6.07, 6.45) is 2.59. The molecule has 192 valence electrons. The second kappa shape index (κ2) is 10.8. The highest BCUT2D eigenvalue weighted by Crippen LogP contribution is 2.36. The summed E-state index contributed by atoms with van der Waals surface area (Å²) in [7, 11) is -3.74. The SMILES string of the molecule is Cc1c(S(=O)(=O)Nc2cccc(CNCCCCc3noc4cc(F)ccc34)c2)sc2ccc(Cl)cc12. The number of fused-ring (bicyclic) bond motifs is 2. The van der Waals surface area contributed by atoms with E-state index < -0.39 is 10.0 Å². The second-order valence-electron chi connectivity index (χ2n) is 8.86. The van der Waals surface area contributed by atoms with Gasteiger partial charge in [-0.25, -0.2) is 12.8 Å². The highest BCUT2D eigenvalue weighted by molar-refractivity contribution is 7.94. The maximum Gasteiger partial charge on any atom is 0.271 e. The Labute approximate surface area is 223 Å². The fourth-order valence-electron chi connectivity index (χ4n) is 4.29. The van der Waals surface area contributed by atoms with Crippen LogP contribution in [0.2, 0.25) is 5.02 Å². The molecule has 2 heterocycles. The Morgan fingerprint density at radius 2 is 1.92 bits per heavy atom. The largest absolute Gasteiger partial charge is 0.356 e. The average Bonchev–Trinajstić information content (AvgIpc) is 3.42. The van der Waals surface area contributed by atoms with Crippen molar-refractivity contribution in [2.45, 2.75) is 36.9 Å². The van der Waals surface area contributed by atoms with Crippen LogP contribution in [0.25, 0.3) is 21.1 Å². The number of hydrogen-bond acceptors (Lipinski definition) is 6. The third-order valence-corrected chi connectivity index (χ3v) is 9.64. The number of aromatic nitrogens is 1. The molecule has 0 aliphatic carbocycles. The van der Waals surface area contributed by atoms with Crippen LogP contribution in [0.4, 0.5) is 10.1 Å². The van der Waals surface area contributed by atoms with E-state index in [9.17, 15) is 12.8 Å². The summed E-state index contributed by atoms with van der Waals surface area (Å²) in [5, 5.41) is 9.74. The minimum Gasteiger partial charge on any atom is -0.356 e. The first-order chi connectivity index (χ1) is 17.8. The van der Waals surface area contributed by atoms with Crippen molar-refractivity contribution in [3.63, 3.8) is 0 Å². The van der Waals surface area contributed by atoms with Crippen molar-refractivity contribution < 1.29 is 17.3 Å². The van der Waals surface area contributed by atoms with Gasteiger partial charge in [0.1, 0.15) is 10.0 Å². The minimum absolute atomic E-state index is 0.290. The molecule has 0 spiro atoms. The second-order valence-corrected chi connectivity index (χ2v) is 12.2. The molecule has 0 aliphatic rings. The number of anilines is 1. The van der Waals surface area contributed by atoms with Gasteiger partial charge in [0.15, 0.2) is 5.58 Å². The molecule has 2 N–H and O–H groups in total. The fraction of sp³-hybridized carbons (Fsp3) is 0.222. The van der Waals surface area contributed by atoms with Crippen molar-refractivity contribution in [1.29, 1.82) is 0 Å². The van der Waals surface area contributed by atoms with Gasteiger partial charge in [-0.1, -0.05) is 28.9 Å². The van der Waals surface area contributed by atoms with Crippen LogP contribution in [0.5, 0.6) is 0 Å². The molecule has 6 nitrogen and oxygen atoms in total. The zero-order valence-corrected chi connectivity index (χ0v) is 22.4. The van der Waals surface area contributed by atoms with E-state index in [1.807, 2.05) is 24.3 Å². The lowest BCUT2D eigenvalue weighted by Gasteiger charge is -2.10. The summed E-state index contributed by atoms with van der Waals surface area (Å²) in [4.78, 5) is 0. The molecule has 0 saturated carbocycles. The molecule has 5 rings (SSSR count). The van der Waals surface area contributed by atoms with Gasteiger partial charge in [0.2, 0.25) is 0 Å². The van der Waals surface area contributed by atoms with Crippen LogP contribution in [-0.4, -0.2) is 20.1 Å². The highest BCUT2D eigenvalue weighted by atomic mass is 35.5. The number of nitrogens with one attached hydrogen (secondary N) is 2. The number of halogens is 2. The predicted molar refractivity (Wildman–Crippen MR) is 147 cm³/mol. The molecule has 0 atom stereocenters. The van der Waals surface area contributed by atoms with Gasteiger partial charge in [-0.2, -0.15) is 0 Å². The Bertz CT molecular complexity index is 1680. The van der Waals surface area contributed by atoms with Crippen LogP contribution in [0.3, 0.4) is 0 Å². The van der Waals surface area contributed by atoms with Gasteiger partial charge in [0.05, 0.1) is 5.69 Å². The standard InChI is InChI=1S/C27H25ClFN3O3S2/c1-17-23-14-19(28)8-11-26(23)36-27(17)37(33,34)32-21-6-4-5-18(13-21)16-30-12-3-2-7-24-22-10-9-20(29)15-25(22)35-31-24/h4-6,8-11,13-15,30,32H,2-3,7,12,16H2,1H3. The highest BCUT2D eigenvalue weighted by Gasteiger charge is 2.22. The van der Waals surface area contributed by atoms with Crippen molar-refractivity contribution in [1.82, 2.24) is 10.5 Å². The van der Waals surface area contributed by atoms with Gasteiger partial charge in [-0.15, -0.1) is 11.3 Å². The number of benzene rings is 3. The van der Waals surface area contributed by atoms with Crippen molar-refractivity contribution in [3.8, 4) is 0 Å². The molecular formula is C27H25ClFN3O3S2. The molecule has 0 saturated heterocycles. The van der Waals surface area contributed by atoms with E-state index in [2.05, 4.69) is 15.2 Å². The topological polar surface area (TPSA) is 84.2 Å². The smallest absolute Gasteiger partial charge is 0.271 e. The zero-order chi connectivity index (χ0) is 26.0. The molecule has 0 unspecified atom stereocenters. The van der Waals surface area contributed by atoms with Crippen LogP contribution in [0.15, 0.2) is 69.4 Å². The lowest BCUT2D eigenvalue weighted by atomic mass is 10.1. The third kappa shape index (κ3) is 5.80. The lowest BCUT2D eigenvalue weighted by molar-refractivity contribution is 0.442.